The van der Waals surface area contributed by atoms with Crippen LogP contribution in [0.4, 0.5) is 0 Å². The Kier molecular flexibility index (Phi) is 7.12. The third-order valence-electron chi connectivity index (χ3n) is 8.04. The monoisotopic (exact) mass is 516 g/mol. The van der Waals surface area contributed by atoms with E-state index in [0.29, 0.717) is 5.92 Å². The van der Waals surface area contributed by atoms with Gasteiger partial charge in [-0.15, -0.1) is 0 Å². The average Bonchev–Trinajstić information content (AvgIpc) is 3.34. The van der Waals surface area contributed by atoms with Gasteiger partial charge in [0.05, 0.1) is 11.5 Å². The predicted molar refractivity (Wildman–Crippen MR) is 141 cm³/mol. The first-order valence-corrected chi connectivity index (χ1v) is 15.7. The number of benzene rings is 1. The van der Waals surface area contributed by atoms with E-state index in [1.807, 2.05) is 0 Å². The van der Waals surface area contributed by atoms with Crippen LogP contribution in [-0.4, -0.2) is 19.5 Å². The Morgan fingerprint density at radius 2 is 1.75 bits per heavy atom. The minimum absolute atomic E-state index is 0.0164. The van der Waals surface area contributed by atoms with E-state index < -0.39 is 13.7 Å². The van der Waals surface area contributed by atoms with Gasteiger partial charge in [0.1, 0.15) is 0 Å². The van der Waals surface area contributed by atoms with Crippen molar-refractivity contribution in [2.24, 2.45) is 11.3 Å². The maximum atomic E-state index is 10.3. The van der Waals surface area contributed by atoms with Gasteiger partial charge >= 0.3 is 0 Å². The molecule has 3 nitrogen and oxygen atoms in total. The predicted octanol–water partition coefficient (Wildman–Crippen LogP) is 8.42. The molecular formula is C27H41BrN2OSi. The van der Waals surface area contributed by atoms with Gasteiger partial charge < -0.3 is 8.99 Å². The molecule has 1 aliphatic rings. The van der Waals surface area contributed by atoms with Crippen molar-refractivity contribution in [2.45, 2.75) is 97.3 Å². The lowest BCUT2D eigenvalue weighted by atomic mass is 9.72. The number of hydrogen-bond donors (Lipinski definition) is 0. The molecule has 1 heterocycles. The molecule has 3 rings (SSSR count). The van der Waals surface area contributed by atoms with Gasteiger partial charge in [-0.3, -0.25) is 0 Å². The number of fused-ring (bicyclic) bond motifs is 1. The van der Waals surface area contributed by atoms with Crippen LogP contribution in [0.1, 0.15) is 72.8 Å². The Labute approximate surface area is 204 Å². The molecule has 1 aliphatic carbocycles. The van der Waals surface area contributed by atoms with Gasteiger partial charge in [-0.25, -0.2) is 0 Å². The molecule has 1 unspecified atom stereocenters. The maximum Gasteiger partial charge on any atom is 0.192 e. The van der Waals surface area contributed by atoms with E-state index in [0.717, 1.165) is 30.5 Å². The lowest BCUT2D eigenvalue weighted by Gasteiger charge is -2.39. The zero-order chi connectivity index (χ0) is 23.9. The summed E-state index contributed by atoms with van der Waals surface area (Å²) in [5.41, 5.74) is 1.93. The molecule has 0 N–H and O–H groups in total. The molecule has 0 radical (unpaired) electrons. The SMILES string of the molecule is CC(C)(CO[Si](C)(C)C(C)(C)C)Cn1cc(C(C)(C#N)C2CCCC2)c2ccc(Br)cc21. The highest BCUT2D eigenvalue weighted by atomic mass is 79.9. The molecule has 1 aromatic carbocycles. The van der Waals surface area contributed by atoms with Crippen LogP contribution in [-0.2, 0) is 16.4 Å². The van der Waals surface area contributed by atoms with Gasteiger partial charge in [-0.1, -0.05) is 69.5 Å². The van der Waals surface area contributed by atoms with E-state index >= 15 is 0 Å². The van der Waals surface area contributed by atoms with Crippen molar-refractivity contribution >= 4 is 35.2 Å². The third-order valence-corrected chi connectivity index (χ3v) is 13.0. The van der Waals surface area contributed by atoms with Gasteiger partial charge in [-0.05, 0) is 61.5 Å². The Hall–Kier alpha value is -1.09. The molecule has 0 spiro atoms. The van der Waals surface area contributed by atoms with Crippen LogP contribution >= 0.6 is 15.9 Å². The fourth-order valence-electron chi connectivity index (χ4n) is 4.78. The molecule has 176 valence electrons. The number of nitrogens with zero attached hydrogens (tertiary/aromatic N) is 2. The second-order valence-corrected chi connectivity index (χ2v) is 18.1. The Bertz CT molecular complexity index is 1010. The van der Waals surface area contributed by atoms with Gasteiger partial charge in [0.2, 0.25) is 0 Å². The van der Waals surface area contributed by atoms with Gasteiger partial charge in [0.25, 0.3) is 0 Å². The quantitative estimate of drug-likeness (QED) is 0.346. The summed E-state index contributed by atoms with van der Waals surface area (Å²) in [6.07, 6.45) is 7.05. The lowest BCUT2D eigenvalue weighted by Crippen LogP contribution is -2.43. The van der Waals surface area contributed by atoms with Gasteiger partial charge in [-0.2, -0.15) is 5.26 Å². The third kappa shape index (κ3) is 5.03. The number of halogens is 1. The summed E-state index contributed by atoms with van der Waals surface area (Å²) >= 11 is 3.67. The zero-order valence-corrected chi connectivity index (χ0v) is 23.9. The van der Waals surface area contributed by atoms with Crippen molar-refractivity contribution in [1.82, 2.24) is 4.57 Å². The second kappa shape index (κ2) is 8.93. The minimum Gasteiger partial charge on any atom is -0.416 e. The summed E-state index contributed by atoms with van der Waals surface area (Å²) in [6.45, 7) is 19.9. The first-order chi connectivity index (χ1) is 14.7. The van der Waals surface area contributed by atoms with Crippen molar-refractivity contribution in [3.8, 4) is 6.07 Å². The first-order valence-electron chi connectivity index (χ1n) is 12.0. The molecule has 5 heteroatoms. The topological polar surface area (TPSA) is 38.0 Å². The van der Waals surface area contributed by atoms with Gasteiger partial charge in [0, 0.05) is 40.1 Å². The normalized spacial score (nSPS) is 18.1. The molecular weight excluding hydrogens is 476 g/mol. The molecule has 0 bridgehead atoms. The summed E-state index contributed by atoms with van der Waals surface area (Å²) < 4.78 is 10.1. The van der Waals surface area contributed by atoms with Crippen molar-refractivity contribution in [2.75, 3.05) is 6.61 Å². The molecule has 1 saturated carbocycles. The molecule has 2 aromatic rings. The molecule has 1 atom stereocenters. The molecule has 0 amide bonds. The van der Waals surface area contributed by atoms with E-state index in [2.05, 4.69) is 106 Å². The van der Waals surface area contributed by atoms with Crippen molar-refractivity contribution in [3.05, 3.63) is 34.4 Å². The number of hydrogen-bond acceptors (Lipinski definition) is 2. The first kappa shape index (κ1) is 25.5. The van der Waals surface area contributed by atoms with Crippen LogP contribution in [0.2, 0.25) is 18.1 Å². The summed E-state index contributed by atoms with van der Waals surface area (Å²) in [5.74, 6) is 0.435. The van der Waals surface area contributed by atoms with Crippen LogP contribution in [0.25, 0.3) is 10.9 Å². The Balaban J connectivity index is 1.97. The van der Waals surface area contributed by atoms with E-state index in [4.69, 9.17) is 4.43 Å². The summed E-state index contributed by atoms with van der Waals surface area (Å²) in [4.78, 5) is 0. The van der Waals surface area contributed by atoms with E-state index in [9.17, 15) is 5.26 Å². The molecule has 0 aliphatic heterocycles. The van der Waals surface area contributed by atoms with Crippen molar-refractivity contribution < 1.29 is 4.43 Å². The maximum absolute atomic E-state index is 10.3. The summed E-state index contributed by atoms with van der Waals surface area (Å²) in [7, 11) is -1.80. The minimum atomic E-state index is -1.80. The number of nitriles is 1. The Morgan fingerprint density at radius 3 is 2.31 bits per heavy atom. The summed E-state index contributed by atoms with van der Waals surface area (Å²) in [5, 5.41) is 11.7. The zero-order valence-electron chi connectivity index (χ0n) is 21.3. The lowest BCUT2D eigenvalue weighted by molar-refractivity contribution is 0.147. The van der Waals surface area contributed by atoms with Crippen LogP contribution < -0.4 is 0 Å². The van der Waals surface area contributed by atoms with Crippen molar-refractivity contribution in [1.29, 1.82) is 5.26 Å². The molecule has 1 fully saturated rings. The average molecular weight is 518 g/mol. The number of aromatic nitrogens is 1. The largest absolute Gasteiger partial charge is 0.416 e. The van der Waals surface area contributed by atoms with Crippen LogP contribution in [0, 0.1) is 22.7 Å². The smallest absolute Gasteiger partial charge is 0.192 e. The van der Waals surface area contributed by atoms with Crippen LogP contribution in [0.15, 0.2) is 28.9 Å². The highest BCUT2D eigenvalue weighted by molar-refractivity contribution is 9.10. The van der Waals surface area contributed by atoms with E-state index in [-0.39, 0.29) is 10.5 Å². The van der Waals surface area contributed by atoms with E-state index in [1.165, 1.54) is 29.3 Å². The molecule has 1 aromatic heterocycles. The summed E-state index contributed by atoms with van der Waals surface area (Å²) in [6, 6.07) is 9.24. The fraction of sp³-hybridized carbons (Fsp3) is 0.667. The van der Waals surface area contributed by atoms with Gasteiger partial charge in [0.15, 0.2) is 8.32 Å². The molecule has 0 saturated heterocycles. The Morgan fingerprint density at radius 1 is 1.12 bits per heavy atom. The highest BCUT2D eigenvalue weighted by Crippen LogP contribution is 2.45. The van der Waals surface area contributed by atoms with Crippen LogP contribution in [0.5, 0.6) is 0 Å². The second-order valence-electron chi connectivity index (χ2n) is 12.3. The number of rotatable bonds is 7. The highest BCUT2D eigenvalue weighted by Gasteiger charge is 2.41. The van der Waals surface area contributed by atoms with Crippen molar-refractivity contribution in [3.63, 3.8) is 0 Å². The standard InChI is InChI=1S/C27H41BrN2OSi/c1-25(2,3)32(7,8)31-19-26(4,5)18-30-16-23(22-14-13-21(28)15-24(22)30)27(6,17-29)20-11-9-10-12-20/h13-16,20H,9-12,18-19H2,1-8H3. The fourth-order valence-corrected chi connectivity index (χ4v) is 6.32. The molecule has 32 heavy (non-hydrogen) atoms. The van der Waals surface area contributed by atoms with E-state index in [1.54, 1.807) is 0 Å². The van der Waals surface area contributed by atoms with Crippen LogP contribution in [0.3, 0.4) is 0 Å².